The van der Waals surface area contributed by atoms with Crippen LogP contribution in [-0.4, -0.2) is 50.0 Å². The fourth-order valence-electron chi connectivity index (χ4n) is 2.69. The van der Waals surface area contributed by atoms with Gasteiger partial charge in [0.05, 0.1) is 28.3 Å². The van der Waals surface area contributed by atoms with Crippen molar-refractivity contribution in [2.24, 2.45) is 4.99 Å². The molecule has 11 heteroatoms. The van der Waals surface area contributed by atoms with Crippen molar-refractivity contribution in [1.29, 1.82) is 0 Å². The lowest BCUT2D eigenvalue weighted by molar-refractivity contribution is 0.0594. The van der Waals surface area contributed by atoms with E-state index in [1.807, 2.05) is 0 Å². The largest absolute Gasteiger partial charge is 0.465 e. The third kappa shape index (κ3) is 4.84. The third-order valence-corrected chi connectivity index (χ3v) is 8.07. The average molecular weight is 451 g/mol. The molecule has 1 saturated heterocycles. The summed E-state index contributed by atoms with van der Waals surface area (Å²) in [6.07, 6.45) is -0.895. The van der Waals surface area contributed by atoms with E-state index in [2.05, 4.69) is 10.3 Å². The molecule has 0 saturated carbocycles. The summed E-state index contributed by atoms with van der Waals surface area (Å²) in [5.41, 5.74) is -1.95. The van der Waals surface area contributed by atoms with Crippen LogP contribution in [0.2, 0.25) is 5.02 Å². The molecule has 0 bridgehead atoms. The fourth-order valence-corrected chi connectivity index (χ4v) is 6.07. The second-order valence-electron chi connectivity index (χ2n) is 7.66. The Morgan fingerprint density at radius 3 is 2.54 bits per heavy atom. The van der Waals surface area contributed by atoms with Gasteiger partial charge in [-0.15, -0.1) is 11.3 Å². The SMILES string of the molecule is COC(=O)c1cc(Cl)c([C@]2(C)CS(=O)(=O)C(C)/C(=N\C(=O)OC(C)(C)C)N2)s1. The minimum absolute atomic E-state index is 0.0351. The summed E-state index contributed by atoms with van der Waals surface area (Å²) in [5, 5.41) is 2.23. The minimum atomic E-state index is -3.66. The smallest absolute Gasteiger partial charge is 0.435 e. The van der Waals surface area contributed by atoms with Gasteiger partial charge in [0.1, 0.15) is 21.6 Å². The summed E-state index contributed by atoms with van der Waals surface area (Å²) in [6, 6.07) is 1.43. The zero-order valence-corrected chi connectivity index (χ0v) is 18.8. The molecule has 1 aromatic rings. The van der Waals surface area contributed by atoms with Gasteiger partial charge < -0.3 is 14.8 Å². The number of carbonyl (C=O) groups excluding carboxylic acids is 2. The number of rotatable bonds is 2. The zero-order valence-electron chi connectivity index (χ0n) is 16.5. The highest BCUT2D eigenvalue weighted by molar-refractivity contribution is 7.92. The molecule has 1 aliphatic rings. The molecule has 0 spiro atoms. The van der Waals surface area contributed by atoms with Crippen LogP contribution in [0.15, 0.2) is 11.1 Å². The molecule has 28 heavy (non-hydrogen) atoms. The first-order valence-corrected chi connectivity index (χ1v) is 11.3. The Morgan fingerprint density at radius 2 is 2.00 bits per heavy atom. The Labute approximate surface area is 173 Å². The summed E-state index contributed by atoms with van der Waals surface area (Å²) in [7, 11) is -2.41. The van der Waals surface area contributed by atoms with Gasteiger partial charge >= 0.3 is 12.1 Å². The van der Waals surface area contributed by atoms with Crippen LogP contribution in [-0.2, 0) is 24.8 Å². The number of hydrogen-bond acceptors (Lipinski definition) is 7. The summed E-state index contributed by atoms with van der Waals surface area (Å²) in [4.78, 5) is 28.4. The van der Waals surface area contributed by atoms with Gasteiger partial charge in [0, 0.05) is 0 Å². The normalized spacial score (nSPS) is 25.8. The van der Waals surface area contributed by atoms with E-state index in [0.717, 1.165) is 11.3 Å². The molecule has 1 amide bonds. The third-order valence-electron chi connectivity index (χ3n) is 4.00. The summed E-state index contributed by atoms with van der Waals surface area (Å²) < 4.78 is 35.4. The van der Waals surface area contributed by atoms with E-state index in [1.54, 1.807) is 27.7 Å². The molecule has 0 aromatic carbocycles. The molecule has 2 rings (SSSR count). The first-order valence-electron chi connectivity index (χ1n) is 8.38. The van der Waals surface area contributed by atoms with Crippen molar-refractivity contribution in [2.45, 2.75) is 51.0 Å². The summed E-state index contributed by atoms with van der Waals surface area (Å²) in [6.45, 7) is 8.12. The fraction of sp³-hybridized carbons (Fsp3) is 0.588. The highest BCUT2D eigenvalue weighted by atomic mass is 35.5. The Kier molecular flexibility index (Phi) is 6.18. The van der Waals surface area contributed by atoms with Crippen molar-refractivity contribution in [3.05, 3.63) is 20.8 Å². The van der Waals surface area contributed by atoms with Crippen LogP contribution in [0.4, 0.5) is 4.79 Å². The molecule has 2 atom stereocenters. The Hall–Kier alpha value is -1.65. The van der Waals surface area contributed by atoms with Gasteiger partial charge in [-0.25, -0.2) is 18.0 Å². The maximum absolute atomic E-state index is 12.8. The first-order chi connectivity index (χ1) is 12.7. The lowest BCUT2D eigenvalue weighted by Crippen LogP contribution is -2.59. The average Bonchev–Trinajstić information content (AvgIpc) is 2.92. The maximum atomic E-state index is 12.8. The quantitative estimate of drug-likeness (QED) is 0.689. The second-order valence-corrected chi connectivity index (χ2v) is 11.4. The number of thiophene rings is 1. The molecule has 156 valence electrons. The van der Waals surface area contributed by atoms with Gasteiger partial charge in [0.15, 0.2) is 9.84 Å². The van der Waals surface area contributed by atoms with E-state index in [4.69, 9.17) is 21.1 Å². The molecular weight excluding hydrogens is 428 g/mol. The van der Waals surface area contributed by atoms with Gasteiger partial charge in [-0.2, -0.15) is 4.99 Å². The number of aliphatic imine (C=N–C) groups is 1. The van der Waals surface area contributed by atoms with Crippen molar-refractivity contribution < 1.29 is 27.5 Å². The standard InChI is InChI=1S/C17H23ClN2O6S2/c1-9-13(19-15(22)26-16(2,3)4)20-17(5,8-28(9,23)24)12-10(18)7-11(27-12)14(21)25-6/h7,9H,8H2,1-6H3,(H,19,20,22)/t9?,17-/m0/s1. The van der Waals surface area contributed by atoms with Crippen molar-refractivity contribution >= 4 is 50.7 Å². The summed E-state index contributed by atoms with van der Waals surface area (Å²) >= 11 is 7.30. The Balaban J connectivity index is 2.47. The van der Waals surface area contributed by atoms with Crippen LogP contribution < -0.4 is 5.32 Å². The molecule has 1 aromatic heterocycles. The molecule has 1 fully saturated rings. The van der Waals surface area contributed by atoms with Crippen molar-refractivity contribution in [3.63, 3.8) is 0 Å². The van der Waals surface area contributed by atoms with Crippen LogP contribution in [0.25, 0.3) is 0 Å². The second kappa shape index (κ2) is 7.64. The van der Waals surface area contributed by atoms with Crippen LogP contribution in [0, 0.1) is 0 Å². The van der Waals surface area contributed by atoms with E-state index in [1.165, 1.54) is 20.1 Å². The predicted octanol–water partition coefficient (Wildman–Crippen LogP) is 3.14. The van der Waals surface area contributed by atoms with Crippen LogP contribution >= 0.6 is 22.9 Å². The molecule has 2 heterocycles. The lowest BCUT2D eigenvalue weighted by atomic mass is 10.0. The number of ether oxygens (including phenoxy) is 2. The highest BCUT2D eigenvalue weighted by Gasteiger charge is 2.46. The van der Waals surface area contributed by atoms with E-state index in [-0.39, 0.29) is 21.5 Å². The molecular formula is C17H23ClN2O6S2. The van der Waals surface area contributed by atoms with Crippen molar-refractivity contribution in [1.82, 2.24) is 5.32 Å². The number of hydrogen-bond donors (Lipinski definition) is 1. The van der Waals surface area contributed by atoms with Crippen LogP contribution in [0.5, 0.6) is 0 Å². The number of amides is 1. The maximum Gasteiger partial charge on any atom is 0.435 e. The zero-order chi connectivity index (χ0) is 21.5. The van der Waals surface area contributed by atoms with Gasteiger partial charge in [0.2, 0.25) is 0 Å². The van der Waals surface area contributed by atoms with E-state index in [0.29, 0.717) is 4.88 Å². The van der Waals surface area contributed by atoms with E-state index in [9.17, 15) is 18.0 Å². The highest BCUT2D eigenvalue weighted by Crippen LogP contribution is 2.39. The van der Waals surface area contributed by atoms with Gasteiger partial charge in [-0.05, 0) is 40.7 Å². The molecule has 8 nitrogen and oxygen atoms in total. The molecule has 0 aliphatic carbocycles. The number of halogens is 1. The van der Waals surface area contributed by atoms with Gasteiger partial charge in [0.25, 0.3) is 0 Å². The monoisotopic (exact) mass is 450 g/mol. The number of amidine groups is 1. The number of sulfone groups is 1. The predicted molar refractivity (Wildman–Crippen MR) is 108 cm³/mol. The number of carbonyl (C=O) groups is 2. The van der Waals surface area contributed by atoms with E-state index < -0.39 is 38.3 Å². The van der Waals surface area contributed by atoms with E-state index >= 15 is 0 Å². The molecule has 1 N–H and O–H groups in total. The van der Waals surface area contributed by atoms with Gasteiger partial charge in [-0.1, -0.05) is 11.6 Å². The Bertz CT molecular complexity index is 932. The molecule has 1 unspecified atom stereocenters. The van der Waals surface area contributed by atoms with Crippen molar-refractivity contribution in [3.8, 4) is 0 Å². The molecule has 1 aliphatic heterocycles. The Morgan fingerprint density at radius 1 is 1.39 bits per heavy atom. The van der Waals surface area contributed by atoms with Crippen LogP contribution in [0.1, 0.15) is 49.2 Å². The minimum Gasteiger partial charge on any atom is -0.465 e. The van der Waals surface area contributed by atoms with Crippen LogP contribution in [0.3, 0.4) is 0 Å². The number of methoxy groups -OCH3 is 1. The number of nitrogens with one attached hydrogen (secondary N) is 1. The summed E-state index contributed by atoms with van der Waals surface area (Å²) in [5.74, 6) is -0.890. The topological polar surface area (TPSA) is 111 Å². The lowest BCUT2D eigenvalue weighted by Gasteiger charge is -2.38. The first kappa shape index (κ1) is 22.6. The van der Waals surface area contributed by atoms with Crippen molar-refractivity contribution in [2.75, 3.05) is 12.9 Å². The number of nitrogens with zero attached hydrogens (tertiary/aromatic N) is 1. The molecule has 0 radical (unpaired) electrons. The number of esters is 1. The van der Waals surface area contributed by atoms with Gasteiger partial charge in [-0.3, -0.25) is 0 Å².